The molecule has 1 unspecified atom stereocenters. The summed E-state index contributed by atoms with van der Waals surface area (Å²) in [6, 6.07) is 7.55. The number of benzene rings is 1. The summed E-state index contributed by atoms with van der Waals surface area (Å²) >= 11 is 0. The Morgan fingerprint density at radius 2 is 1.64 bits per heavy atom. The van der Waals surface area contributed by atoms with Gasteiger partial charge in [0.1, 0.15) is 12.1 Å². The lowest BCUT2D eigenvalue weighted by atomic mass is 10.0. The second-order valence-corrected chi connectivity index (χ2v) is 5.79. The zero-order valence-corrected chi connectivity index (χ0v) is 13.2. The first-order chi connectivity index (χ1) is 10.3. The molecule has 0 aliphatic rings. The Kier molecular flexibility index (Phi) is 6.85. The van der Waals surface area contributed by atoms with Crippen LogP contribution in [-0.4, -0.2) is 47.8 Å². The first-order valence-corrected chi connectivity index (χ1v) is 7.29. The van der Waals surface area contributed by atoms with E-state index in [0.717, 1.165) is 5.69 Å². The molecule has 0 aliphatic heterocycles. The molecule has 1 rings (SSSR count). The zero-order valence-electron chi connectivity index (χ0n) is 13.2. The number of para-hydroxylation sites is 1. The van der Waals surface area contributed by atoms with E-state index in [1.54, 1.807) is 11.9 Å². The molecule has 0 spiro atoms. The smallest absolute Gasteiger partial charge is 0.322 e. The van der Waals surface area contributed by atoms with Crippen molar-refractivity contribution >= 4 is 17.6 Å². The van der Waals surface area contributed by atoms with Gasteiger partial charge in [-0.05, 0) is 24.5 Å². The monoisotopic (exact) mass is 308 g/mol. The molecular weight excluding hydrogens is 284 g/mol. The Balaban J connectivity index is 2.76. The molecule has 22 heavy (non-hydrogen) atoms. The summed E-state index contributed by atoms with van der Waals surface area (Å²) in [5.41, 5.74) is 0.881. The lowest BCUT2D eigenvalue weighted by Gasteiger charge is -2.27. The second kappa shape index (κ2) is 8.38. The first kappa shape index (κ1) is 18.0. The molecule has 0 bridgehead atoms. The average Bonchev–Trinajstić information content (AvgIpc) is 2.45. The van der Waals surface area contributed by atoms with E-state index < -0.39 is 24.0 Å². The molecule has 0 aliphatic carbocycles. The third-order valence-electron chi connectivity index (χ3n) is 3.36. The maximum Gasteiger partial charge on any atom is 0.322 e. The number of rotatable bonds is 9. The molecule has 1 aromatic carbocycles. The lowest BCUT2D eigenvalue weighted by molar-refractivity contribution is -0.142. The summed E-state index contributed by atoms with van der Waals surface area (Å²) < 4.78 is 0. The van der Waals surface area contributed by atoms with Gasteiger partial charge < -0.3 is 15.1 Å². The van der Waals surface area contributed by atoms with E-state index in [9.17, 15) is 19.8 Å². The average molecular weight is 308 g/mol. The van der Waals surface area contributed by atoms with Crippen molar-refractivity contribution in [2.45, 2.75) is 32.4 Å². The highest BCUT2D eigenvalue weighted by Gasteiger charge is 2.27. The highest BCUT2D eigenvalue weighted by molar-refractivity contribution is 5.78. The Bertz CT molecular complexity index is 490. The Labute approximate surface area is 130 Å². The van der Waals surface area contributed by atoms with Crippen LogP contribution in [0.25, 0.3) is 0 Å². The Morgan fingerprint density at radius 1 is 1.09 bits per heavy atom. The molecule has 3 N–H and O–H groups in total. The van der Waals surface area contributed by atoms with Crippen LogP contribution in [0.4, 0.5) is 5.69 Å². The summed E-state index contributed by atoms with van der Waals surface area (Å²) in [4.78, 5) is 24.5. The van der Waals surface area contributed by atoms with Crippen LogP contribution in [0.5, 0.6) is 0 Å². The fraction of sp³-hybridized carbons (Fsp3) is 0.500. The Morgan fingerprint density at radius 3 is 2.09 bits per heavy atom. The molecule has 0 heterocycles. The summed E-state index contributed by atoms with van der Waals surface area (Å²) in [6.07, 6.45) is 0.383. The minimum absolute atomic E-state index is 0.162. The van der Waals surface area contributed by atoms with E-state index in [0.29, 0.717) is 6.42 Å². The largest absolute Gasteiger partial charge is 0.480 e. The number of hydrogen-bond donors (Lipinski definition) is 3. The standard InChI is InChI=1S/C16H24N2O4/c1-11(2)9-13(15(19)20)17-14(16(21)22)10-18(3)12-7-5-4-6-8-12/h4-8,11,13-14,17H,9-10H2,1-3H3,(H,19,20)(H,21,22)/t13?,14-/m1/s1. The van der Waals surface area contributed by atoms with Crippen molar-refractivity contribution in [3.05, 3.63) is 30.3 Å². The number of carboxylic acids is 2. The molecule has 0 aromatic heterocycles. The van der Waals surface area contributed by atoms with E-state index in [-0.39, 0.29) is 12.5 Å². The Hall–Kier alpha value is -2.08. The van der Waals surface area contributed by atoms with E-state index in [1.165, 1.54) is 0 Å². The van der Waals surface area contributed by atoms with Gasteiger partial charge in [0, 0.05) is 19.3 Å². The van der Waals surface area contributed by atoms with E-state index in [1.807, 2.05) is 44.2 Å². The van der Waals surface area contributed by atoms with Crippen molar-refractivity contribution in [2.24, 2.45) is 5.92 Å². The van der Waals surface area contributed by atoms with Crippen molar-refractivity contribution in [1.82, 2.24) is 5.32 Å². The number of nitrogens with one attached hydrogen (secondary N) is 1. The lowest BCUT2D eigenvalue weighted by Crippen LogP contribution is -2.52. The minimum Gasteiger partial charge on any atom is -0.480 e. The van der Waals surface area contributed by atoms with Gasteiger partial charge in [0.2, 0.25) is 0 Å². The summed E-state index contributed by atoms with van der Waals surface area (Å²) in [7, 11) is 1.78. The number of carbonyl (C=O) groups is 2. The van der Waals surface area contributed by atoms with Crippen LogP contribution in [0.3, 0.4) is 0 Å². The van der Waals surface area contributed by atoms with Gasteiger partial charge in [-0.2, -0.15) is 0 Å². The van der Waals surface area contributed by atoms with E-state index >= 15 is 0 Å². The predicted molar refractivity (Wildman–Crippen MR) is 85.2 cm³/mol. The molecule has 6 nitrogen and oxygen atoms in total. The molecular formula is C16H24N2O4. The number of hydrogen-bond acceptors (Lipinski definition) is 4. The van der Waals surface area contributed by atoms with E-state index in [2.05, 4.69) is 5.32 Å². The quantitative estimate of drug-likeness (QED) is 0.643. The van der Waals surface area contributed by atoms with Crippen molar-refractivity contribution in [2.75, 3.05) is 18.5 Å². The van der Waals surface area contributed by atoms with Gasteiger partial charge in [0.25, 0.3) is 0 Å². The number of aliphatic carboxylic acids is 2. The molecule has 0 fully saturated rings. The van der Waals surface area contributed by atoms with Gasteiger partial charge in [0.05, 0.1) is 0 Å². The van der Waals surface area contributed by atoms with Gasteiger partial charge >= 0.3 is 11.9 Å². The van der Waals surface area contributed by atoms with Crippen LogP contribution in [0.1, 0.15) is 20.3 Å². The number of nitrogens with zero attached hydrogens (tertiary/aromatic N) is 1. The fourth-order valence-electron chi connectivity index (χ4n) is 2.22. The highest BCUT2D eigenvalue weighted by atomic mass is 16.4. The normalized spacial score (nSPS) is 13.6. The van der Waals surface area contributed by atoms with Crippen molar-refractivity contribution in [3.8, 4) is 0 Å². The number of carboxylic acid groups (broad SMARTS) is 2. The van der Waals surface area contributed by atoms with Gasteiger partial charge in [0.15, 0.2) is 0 Å². The number of anilines is 1. The third-order valence-corrected chi connectivity index (χ3v) is 3.36. The maximum absolute atomic E-state index is 11.4. The van der Waals surface area contributed by atoms with Crippen molar-refractivity contribution < 1.29 is 19.8 Å². The van der Waals surface area contributed by atoms with E-state index in [4.69, 9.17) is 0 Å². The van der Waals surface area contributed by atoms with Gasteiger partial charge in [-0.1, -0.05) is 32.0 Å². The molecule has 0 amide bonds. The van der Waals surface area contributed by atoms with Gasteiger partial charge in [-0.25, -0.2) is 0 Å². The van der Waals surface area contributed by atoms with Gasteiger partial charge in [-0.3, -0.25) is 14.9 Å². The summed E-state index contributed by atoms with van der Waals surface area (Å²) in [6.45, 7) is 3.99. The molecule has 1 aromatic rings. The van der Waals surface area contributed by atoms with Crippen LogP contribution in [0, 0.1) is 5.92 Å². The zero-order chi connectivity index (χ0) is 16.7. The van der Waals surface area contributed by atoms with Crippen molar-refractivity contribution in [1.29, 1.82) is 0 Å². The third kappa shape index (κ3) is 5.73. The van der Waals surface area contributed by atoms with Gasteiger partial charge in [-0.15, -0.1) is 0 Å². The van der Waals surface area contributed by atoms with Crippen molar-refractivity contribution in [3.63, 3.8) is 0 Å². The summed E-state index contributed by atoms with van der Waals surface area (Å²) in [5.74, 6) is -1.92. The van der Waals surface area contributed by atoms with Crippen LogP contribution < -0.4 is 10.2 Å². The minimum atomic E-state index is -1.06. The highest BCUT2D eigenvalue weighted by Crippen LogP contribution is 2.12. The molecule has 2 atom stereocenters. The second-order valence-electron chi connectivity index (χ2n) is 5.79. The molecule has 122 valence electrons. The maximum atomic E-state index is 11.4. The molecule has 0 radical (unpaired) electrons. The topological polar surface area (TPSA) is 89.9 Å². The predicted octanol–water partition coefficient (Wildman–Crippen LogP) is 1.66. The van der Waals surface area contributed by atoms with Crippen LogP contribution in [0.2, 0.25) is 0 Å². The fourth-order valence-corrected chi connectivity index (χ4v) is 2.22. The molecule has 0 saturated heterocycles. The number of likely N-dealkylation sites (N-methyl/N-ethyl adjacent to an activating group) is 1. The molecule has 0 saturated carbocycles. The van der Waals surface area contributed by atoms with Crippen LogP contribution in [0.15, 0.2) is 30.3 Å². The first-order valence-electron chi connectivity index (χ1n) is 7.29. The van der Waals surface area contributed by atoms with Crippen LogP contribution >= 0.6 is 0 Å². The summed E-state index contributed by atoms with van der Waals surface area (Å²) in [5, 5.41) is 21.3. The van der Waals surface area contributed by atoms with Crippen LogP contribution in [-0.2, 0) is 9.59 Å². The molecule has 6 heteroatoms. The SMILES string of the molecule is CC(C)CC(N[C@H](CN(C)c1ccccc1)C(=O)O)C(=O)O.